The molecule has 0 aliphatic heterocycles. The number of benzene rings is 1. The van der Waals surface area contributed by atoms with Crippen LogP contribution in [0.3, 0.4) is 0 Å². The van der Waals surface area contributed by atoms with Crippen molar-refractivity contribution < 1.29 is 4.74 Å². The van der Waals surface area contributed by atoms with Crippen molar-refractivity contribution in [3.63, 3.8) is 0 Å². The van der Waals surface area contributed by atoms with Gasteiger partial charge in [-0.1, -0.05) is 22.9 Å². The number of halogens is 1. The lowest BCUT2D eigenvalue weighted by Crippen LogP contribution is -2.12. The maximum absolute atomic E-state index is 5.48. The van der Waals surface area contributed by atoms with Crippen LogP contribution >= 0.6 is 15.9 Å². The zero-order valence-corrected chi connectivity index (χ0v) is 16.6. The van der Waals surface area contributed by atoms with Gasteiger partial charge in [-0.3, -0.25) is 4.98 Å². The average molecular weight is 413 g/mol. The highest BCUT2D eigenvalue weighted by Gasteiger charge is 2.12. The number of pyridine rings is 1. The van der Waals surface area contributed by atoms with Crippen molar-refractivity contribution in [2.75, 3.05) is 19.0 Å². The molecule has 0 radical (unpaired) electrons. The molecule has 1 aromatic carbocycles. The molecule has 0 saturated heterocycles. The van der Waals surface area contributed by atoms with Crippen molar-refractivity contribution in [3.8, 4) is 17.0 Å². The number of rotatable bonds is 6. The molecule has 0 fully saturated rings. The Morgan fingerprint density at radius 2 is 1.96 bits per heavy atom. The van der Waals surface area contributed by atoms with Gasteiger partial charge in [-0.15, -0.1) is 0 Å². The number of hydrogen-bond donors (Lipinski definition) is 1. The first-order valence-corrected chi connectivity index (χ1v) is 9.18. The molecule has 2 aromatic heterocycles. The van der Waals surface area contributed by atoms with Gasteiger partial charge in [0.25, 0.3) is 0 Å². The molecule has 2 heterocycles. The Balaban J connectivity index is 1.73. The zero-order chi connectivity index (χ0) is 18.5. The SMILES string of the molecule is COc1ccc(Br)cc1C(C)CNc1cc(-c2ccc(C)nc2)ncn1. The van der Waals surface area contributed by atoms with E-state index in [1.165, 1.54) is 0 Å². The number of ether oxygens (including phenoxy) is 1. The van der Waals surface area contributed by atoms with E-state index in [9.17, 15) is 0 Å². The van der Waals surface area contributed by atoms with Crippen molar-refractivity contribution in [1.82, 2.24) is 15.0 Å². The second-order valence-corrected chi connectivity index (χ2v) is 7.06. The van der Waals surface area contributed by atoms with E-state index in [1.54, 1.807) is 13.4 Å². The van der Waals surface area contributed by atoms with Crippen LogP contribution in [-0.2, 0) is 0 Å². The van der Waals surface area contributed by atoms with Crippen LogP contribution in [-0.4, -0.2) is 28.6 Å². The number of anilines is 1. The number of nitrogens with one attached hydrogen (secondary N) is 1. The Morgan fingerprint density at radius 1 is 1.12 bits per heavy atom. The molecular formula is C20H21BrN4O. The first-order valence-electron chi connectivity index (χ1n) is 8.39. The Kier molecular flexibility index (Phi) is 5.83. The lowest BCUT2D eigenvalue weighted by atomic mass is 10.00. The topological polar surface area (TPSA) is 59.9 Å². The van der Waals surface area contributed by atoms with Gasteiger partial charge in [0.2, 0.25) is 0 Å². The molecule has 1 atom stereocenters. The Bertz CT molecular complexity index is 883. The first kappa shape index (κ1) is 18.3. The second-order valence-electron chi connectivity index (χ2n) is 6.14. The quantitative estimate of drug-likeness (QED) is 0.627. The van der Waals surface area contributed by atoms with Gasteiger partial charge in [-0.25, -0.2) is 9.97 Å². The molecule has 0 saturated carbocycles. The molecular weight excluding hydrogens is 392 g/mol. The third-order valence-corrected chi connectivity index (χ3v) is 4.68. The Labute approximate surface area is 162 Å². The summed E-state index contributed by atoms with van der Waals surface area (Å²) in [5.74, 6) is 1.93. The van der Waals surface area contributed by atoms with Gasteiger partial charge in [0.15, 0.2) is 0 Å². The molecule has 3 rings (SSSR count). The van der Waals surface area contributed by atoms with Crippen molar-refractivity contribution >= 4 is 21.7 Å². The molecule has 134 valence electrons. The molecule has 0 bridgehead atoms. The summed E-state index contributed by atoms with van der Waals surface area (Å²) in [5.41, 5.74) is 3.95. The maximum Gasteiger partial charge on any atom is 0.129 e. The van der Waals surface area contributed by atoms with Crippen molar-refractivity contribution in [1.29, 1.82) is 0 Å². The van der Waals surface area contributed by atoms with E-state index in [2.05, 4.69) is 49.2 Å². The zero-order valence-electron chi connectivity index (χ0n) is 15.0. The Hall–Kier alpha value is -2.47. The normalized spacial score (nSPS) is 11.8. The fraction of sp³-hybridized carbons (Fsp3) is 0.250. The highest BCUT2D eigenvalue weighted by Crippen LogP contribution is 2.30. The molecule has 3 aromatic rings. The first-order chi connectivity index (χ1) is 12.6. The molecule has 6 heteroatoms. The van der Waals surface area contributed by atoms with Crippen LogP contribution in [0, 0.1) is 6.92 Å². The fourth-order valence-electron chi connectivity index (χ4n) is 2.69. The largest absolute Gasteiger partial charge is 0.496 e. The summed E-state index contributed by atoms with van der Waals surface area (Å²) in [4.78, 5) is 13.0. The van der Waals surface area contributed by atoms with E-state index in [1.807, 2.05) is 43.5 Å². The molecule has 1 N–H and O–H groups in total. The molecule has 0 amide bonds. The van der Waals surface area contributed by atoms with Crippen LogP contribution in [0.1, 0.15) is 24.1 Å². The monoisotopic (exact) mass is 412 g/mol. The summed E-state index contributed by atoms with van der Waals surface area (Å²) < 4.78 is 6.52. The number of aromatic nitrogens is 3. The van der Waals surface area contributed by atoms with E-state index in [0.717, 1.165) is 45.1 Å². The van der Waals surface area contributed by atoms with Crippen molar-refractivity contribution in [3.05, 3.63) is 64.7 Å². The minimum atomic E-state index is 0.252. The van der Waals surface area contributed by atoms with Gasteiger partial charge >= 0.3 is 0 Å². The fourth-order valence-corrected chi connectivity index (χ4v) is 3.07. The average Bonchev–Trinajstić information content (AvgIpc) is 2.67. The van der Waals surface area contributed by atoms with E-state index in [0.29, 0.717) is 0 Å². The van der Waals surface area contributed by atoms with E-state index >= 15 is 0 Å². The van der Waals surface area contributed by atoms with Crippen LogP contribution in [0.15, 0.2) is 53.4 Å². The van der Waals surface area contributed by atoms with Gasteiger partial charge < -0.3 is 10.1 Å². The van der Waals surface area contributed by atoms with Gasteiger partial charge in [0.1, 0.15) is 17.9 Å². The lowest BCUT2D eigenvalue weighted by molar-refractivity contribution is 0.407. The number of methoxy groups -OCH3 is 1. The molecule has 0 spiro atoms. The number of nitrogens with zero attached hydrogens (tertiary/aromatic N) is 3. The minimum Gasteiger partial charge on any atom is -0.496 e. The summed E-state index contributed by atoms with van der Waals surface area (Å²) in [6.45, 7) is 4.85. The molecule has 0 aliphatic rings. The standard InChI is InChI=1S/C20H21BrN4O/c1-13(17-8-16(21)6-7-19(17)26-3)10-23-20-9-18(24-12-25-20)15-5-4-14(2)22-11-15/h4-9,11-13H,10H2,1-3H3,(H,23,24,25). The van der Waals surface area contributed by atoms with E-state index < -0.39 is 0 Å². The summed E-state index contributed by atoms with van der Waals surface area (Å²) in [6, 6.07) is 12.0. The summed E-state index contributed by atoms with van der Waals surface area (Å²) in [6.07, 6.45) is 3.40. The predicted molar refractivity (Wildman–Crippen MR) is 108 cm³/mol. The molecule has 5 nitrogen and oxygen atoms in total. The lowest BCUT2D eigenvalue weighted by Gasteiger charge is -2.17. The Morgan fingerprint density at radius 3 is 2.69 bits per heavy atom. The van der Waals surface area contributed by atoms with Crippen molar-refractivity contribution in [2.45, 2.75) is 19.8 Å². The van der Waals surface area contributed by atoms with E-state index in [4.69, 9.17) is 4.74 Å². The van der Waals surface area contributed by atoms with Crippen LogP contribution in [0.2, 0.25) is 0 Å². The third-order valence-electron chi connectivity index (χ3n) is 4.19. The van der Waals surface area contributed by atoms with Gasteiger partial charge in [0, 0.05) is 40.5 Å². The van der Waals surface area contributed by atoms with Gasteiger partial charge in [-0.2, -0.15) is 0 Å². The smallest absolute Gasteiger partial charge is 0.129 e. The number of aryl methyl sites for hydroxylation is 1. The molecule has 26 heavy (non-hydrogen) atoms. The van der Waals surface area contributed by atoms with Crippen LogP contribution in [0.5, 0.6) is 5.75 Å². The van der Waals surface area contributed by atoms with Gasteiger partial charge in [-0.05, 0) is 42.8 Å². The molecule has 0 aliphatic carbocycles. The summed E-state index contributed by atoms with van der Waals surface area (Å²) in [7, 11) is 1.69. The summed E-state index contributed by atoms with van der Waals surface area (Å²) >= 11 is 3.53. The maximum atomic E-state index is 5.48. The van der Waals surface area contributed by atoms with Crippen LogP contribution in [0.25, 0.3) is 11.3 Å². The highest BCUT2D eigenvalue weighted by atomic mass is 79.9. The number of hydrogen-bond acceptors (Lipinski definition) is 5. The summed E-state index contributed by atoms with van der Waals surface area (Å²) in [5, 5.41) is 3.39. The van der Waals surface area contributed by atoms with Crippen molar-refractivity contribution in [2.24, 2.45) is 0 Å². The second kappa shape index (κ2) is 8.27. The highest BCUT2D eigenvalue weighted by molar-refractivity contribution is 9.10. The van der Waals surface area contributed by atoms with Crippen LogP contribution in [0.4, 0.5) is 5.82 Å². The van der Waals surface area contributed by atoms with E-state index in [-0.39, 0.29) is 5.92 Å². The van der Waals surface area contributed by atoms with Crippen LogP contribution < -0.4 is 10.1 Å². The molecule has 1 unspecified atom stereocenters. The minimum absolute atomic E-state index is 0.252. The third kappa shape index (κ3) is 4.38. The van der Waals surface area contributed by atoms with Gasteiger partial charge in [0.05, 0.1) is 12.8 Å². The predicted octanol–water partition coefficient (Wildman–Crippen LogP) is 4.83.